The van der Waals surface area contributed by atoms with Gasteiger partial charge in [-0.05, 0) is 46.5 Å². The Bertz CT molecular complexity index is 303. The van der Waals surface area contributed by atoms with Crippen molar-refractivity contribution in [2.45, 2.75) is 57.7 Å². The van der Waals surface area contributed by atoms with Crippen LogP contribution in [0.4, 0.5) is 4.79 Å². The molecule has 1 aliphatic heterocycles. The van der Waals surface area contributed by atoms with Crippen LogP contribution in [-0.2, 0) is 14.2 Å². The lowest BCUT2D eigenvalue weighted by atomic mass is 9.87. The molecule has 0 spiro atoms. The predicted octanol–water partition coefficient (Wildman–Crippen LogP) is 2.83. The zero-order valence-corrected chi connectivity index (χ0v) is 13.5. The van der Waals surface area contributed by atoms with Crippen LogP contribution in [0.5, 0.6) is 0 Å². The predicted molar refractivity (Wildman–Crippen MR) is 77.9 cm³/mol. The number of piperidine rings is 1. The van der Waals surface area contributed by atoms with E-state index in [-0.39, 0.29) is 11.7 Å². The third kappa shape index (κ3) is 5.29. The largest absolute Gasteiger partial charge is 0.444 e. The van der Waals surface area contributed by atoms with Crippen molar-refractivity contribution in [1.29, 1.82) is 0 Å². The van der Waals surface area contributed by atoms with E-state index in [4.69, 9.17) is 14.2 Å². The lowest BCUT2D eigenvalue weighted by molar-refractivity contribution is -0.0683. The first-order valence-electron chi connectivity index (χ1n) is 7.34. The number of rotatable bonds is 5. The molecule has 0 aromatic heterocycles. The van der Waals surface area contributed by atoms with Gasteiger partial charge >= 0.3 is 6.09 Å². The zero-order chi connectivity index (χ0) is 15.2. The van der Waals surface area contributed by atoms with E-state index in [0.29, 0.717) is 13.1 Å². The number of ether oxygens (including phenoxy) is 3. The second-order valence-corrected chi connectivity index (χ2v) is 6.45. The van der Waals surface area contributed by atoms with Crippen LogP contribution < -0.4 is 0 Å². The van der Waals surface area contributed by atoms with E-state index in [2.05, 4.69) is 0 Å². The summed E-state index contributed by atoms with van der Waals surface area (Å²) in [4.78, 5) is 13.8. The fraction of sp³-hybridized carbons (Fsp3) is 0.933. The molecule has 0 unspecified atom stereocenters. The lowest BCUT2D eigenvalue weighted by Crippen LogP contribution is -2.49. The van der Waals surface area contributed by atoms with Crippen molar-refractivity contribution in [1.82, 2.24) is 4.90 Å². The fourth-order valence-corrected chi connectivity index (χ4v) is 2.52. The van der Waals surface area contributed by atoms with Crippen molar-refractivity contribution in [3.63, 3.8) is 0 Å². The summed E-state index contributed by atoms with van der Waals surface area (Å²) in [6.07, 6.45) is 3.44. The van der Waals surface area contributed by atoms with Gasteiger partial charge in [0.05, 0.1) is 5.60 Å². The van der Waals surface area contributed by atoms with Crippen LogP contribution in [0.2, 0.25) is 0 Å². The maximum absolute atomic E-state index is 12.0. The van der Waals surface area contributed by atoms with Gasteiger partial charge in [0.1, 0.15) is 5.60 Å². The number of carbonyl (C=O) groups excluding carboxylic acids is 1. The number of methoxy groups -OCH3 is 2. The van der Waals surface area contributed by atoms with Crippen molar-refractivity contribution in [3.05, 3.63) is 0 Å². The normalized spacial score (nSPS) is 18.9. The topological polar surface area (TPSA) is 48.0 Å². The minimum Gasteiger partial charge on any atom is -0.444 e. The highest BCUT2D eigenvalue weighted by Crippen LogP contribution is 2.31. The summed E-state index contributed by atoms with van der Waals surface area (Å²) < 4.78 is 16.2. The molecule has 1 saturated heterocycles. The van der Waals surface area contributed by atoms with Crippen LogP contribution in [0.3, 0.4) is 0 Å². The first-order valence-corrected chi connectivity index (χ1v) is 7.34. The first kappa shape index (κ1) is 17.2. The van der Waals surface area contributed by atoms with E-state index in [1.807, 2.05) is 20.8 Å². The molecular formula is C15H29NO4. The number of hydrogen-bond donors (Lipinski definition) is 0. The van der Waals surface area contributed by atoms with E-state index >= 15 is 0 Å². The van der Waals surface area contributed by atoms with Gasteiger partial charge in [0.2, 0.25) is 0 Å². The highest BCUT2D eigenvalue weighted by molar-refractivity contribution is 5.68. The molecule has 0 N–H and O–H groups in total. The van der Waals surface area contributed by atoms with Gasteiger partial charge in [-0.25, -0.2) is 4.79 Å². The molecule has 1 aliphatic rings. The van der Waals surface area contributed by atoms with Gasteiger partial charge in [-0.15, -0.1) is 0 Å². The molecule has 0 aliphatic carbocycles. The summed E-state index contributed by atoms with van der Waals surface area (Å²) >= 11 is 0. The second kappa shape index (κ2) is 7.27. The maximum atomic E-state index is 12.0. The molecule has 0 bridgehead atoms. The van der Waals surface area contributed by atoms with Crippen molar-refractivity contribution < 1.29 is 19.0 Å². The van der Waals surface area contributed by atoms with Gasteiger partial charge in [-0.1, -0.05) is 0 Å². The van der Waals surface area contributed by atoms with E-state index in [1.54, 1.807) is 19.1 Å². The van der Waals surface area contributed by atoms with E-state index in [1.165, 1.54) is 0 Å². The standard InChI is InChI=1S/C15H29NO4/c1-14(2,3)20-13(17)16-10-8-15(19-5,9-11-16)7-6-12-18-4/h6-12H2,1-5H3. The van der Waals surface area contributed by atoms with Gasteiger partial charge in [0.15, 0.2) is 0 Å². The number of likely N-dealkylation sites (tertiary alicyclic amines) is 1. The highest BCUT2D eigenvalue weighted by atomic mass is 16.6. The average molecular weight is 287 g/mol. The Balaban J connectivity index is 2.46. The van der Waals surface area contributed by atoms with E-state index < -0.39 is 5.60 Å². The Morgan fingerprint density at radius 3 is 2.25 bits per heavy atom. The summed E-state index contributed by atoms with van der Waals surface area (Å²) in [5.74, 6) is 0. The lowest BCUT2D eigenvalue weighted by Gasteiger charge is -2.41. The van der Waals surface area contributed by atoms with Gasteiger partial charge < -0.3 is 19.1 Å². The Hall–Kier alpha value is -0.810. The Morgan fingerprint density at radius 1 is 1.20 bits per heavy atom. The molecule has 20 heavy (non-hydrogen) atoms. The highest BCUT2D eigenvalue weighted by Gasteiger charge is 2.36. The second-order valence-electron chi connectivity index (χ2n) is 6.45. The SMILES string of the molecule is COCCCC1(OC)CCN(C(=O)OC(C)(C)C)CC1. The molecule has 0 aromatic carbocycles. The van der Waals surface area contributed by atoms with Gasteiger partial charge in [0.25, 0.3) is 0 Å². The number of nitrogens with zero attached hydrogens (tertiary/aromatic N) is 1. The Kier molecular flexibility index (Phi) is 6.27. The van der Waals surface area contributed by atoms with Gasteiger partial charge in [0, 0.05) is 33.9 Å². The number of amides is 1. The van der Waals surface area contributed by atoms with Crippen molar-refractivity contribution in [3.8, 4) is 0 Å². The molecule has 0 saturated carbocycles. The molecule has 1 amide bonds. The molecule has 118 valence electrons. The van der Waals surface area contributed by atoms with Gasteiger partial charge in [-0.2, -0.15) is 0 Å². The van der Waals surface area contributed by atoms with Crippen LogP contribution in [-0.4, -0.2) is 56.1 Å². The molecule has 1 heterocycles. The Morgan fingerprint density at radius 2 is 1.80 bits per heavy atom. The smallest absolute Gasteiger partial charge is 0.410 e. The number of carbonyl (C=O) groups is 1. The van der Waals surface area contributed by atoms with Crippen LogP contribution in [0, 0.1) is 0 Å². The fourth-order valence-electron chi connectivity index (χ4n) is 2.52. The molecule has 0 aromatic rings. The summed E-state index contributed by atoms with van der Waals surface area (Å²) in [5, 5.41) is 0. The molecule has 5 nitrogen and oxygen atoms in total. The molecule has 1 fully saturated rings. The summed E-state index contributed by atoms with van der Waals surface area (Å²) in [7, 11) is 3.47. The minimum atomic E-state index is -0.439. The summed E-state index contributed by atoms with van der Waals surface area (Å²) in [6.45, 7) is 7.80. The Labute approximate surface area is 122 Å². The van der Waals surface area contributed by atoms with Crippen molar-refractivity contribution >= 4 is 6.09 Å². The van der Waals surface area contributed by atoms with Crippen LogP contribution >= 0.6 is 0 Å². The third-order valence-corrected chi connectivity index (χ3v) is 3.74. The molecule has 0 atom stereocenters. The molecule has 0 radical (unpaired) electrons. The molecule has 1 rings (SSSR count). The minimum absolute atomic E-state index is 0.114. The average Bonchev–Trinajstić information content (AvgIpc) is 2.38. The molecule has 5 heteroatoms. The van der Waals surface area contributed by atoms with Crippen LogP contribution in [0.25, 0.3) is 0 Å². The van der Waals surface area contributed by atoms with E-state index in [9.17, 15) is 4.79 Å². The van der Waals surface area contributed by atoms with Crippen LogP contribution in [0.15, 0.2) is 0 Å². The van der Waals surface area contributed by atoms with E-state index in [0.717, 1.165) is 32.3 Å². The van der Waals surface area contributed by atoms with Gasteiger partial charge in [-0.3, -0.25) is 0 Å². The summed E-state index contributed by atoms with van der Waals surface area (Å²) in [5.41, 5.74) is -0.553. The molecular weight excluding hydrogens is 258 g/mol. The third-order valence-electron chi connectivity index (χ3n) is 3.74. The maximum Gasteiger partial charge on any atom is 0.410 e. The first-order chi connectivity index (χ1) is 9.32. The number of hydrogen-bond acceptors (Lipinski definition) is 4. The quantitative estimate of drug-likeness (QED) is 0.730. The van der Waals surface area contributed by atoms with Crippen LogP contribution in [0.1, 0.15) is 46.5 Å². The van der Waals surface area contributed by atoms with Crippen molar-refractivity contribution in [2.75, 3.05) is 33.9 Å². The zero-order valence-electron chi connectivity index (χ0n) is 13.5. The van der Waals surface area contributed by atoms with Crippen molar-refractivity contribution in [2.24, 2.45) is 0 Å². The summed E-state index contributed by atoms with van der Waals surface area (Å²) in [6, 6.07) is 0. The monoisotopic (exact) mass is 287 g/mol.